The van der Waals surface area contributed by atoms with Crippen molar-refractivity contribution in [1.82, 2.24) is 0 Å². The minimum Gasteiger partial charge on any atom is -0.456 e. The molecule has 0 atom stereocenters. The zero-order valence-electron chi connectivity index (χ0n) is 23.7. The van der Waals surface area contributed by atoms with Gasteiger partial charge in [0.15, 0.2) is 0 Å². The summed E-state index contributed by atoms with van der Waals surface area (Å²) in [6.45, 7) is 0. The number of fused-ring (bicyclic) bond motifs is 10. The van der Waals surface area contributed by atoms with Gasteiger partial charge in [0.1, 0.15) is 11.2 Å². The molecular weight excluding hydrogens is 553 g/mol. The van der Waals surface area contributed by atoms with Crippen LogP contribution in [0.15, 0.2) is 150 Å². The van der Waals surface area contributed by atoms with Gasteiger partial charge in [0.25, 0.3) is 0 Å². The third-order valence-corrected chi connectivity index (χ3v) is 10.4. The van der Waals surface area contributed by atoms with E-state index in [1.54, 1.807) is 0 Å². The Morgan fingerprint density at radius 1 is 0.364 bits per heavy atom. The number of hydrogen-bond acceptors (Lipinski definition) is 2. The normalized spacial score (nSPS) is 12.1. The average Bonchev–Trinajstić information content (AvgIpc) is 3.65. The molecule has 0 radical (unpaired) electrons. The van der Waals surface area contributed by atoms with Gasteiger partial charge in [0.2, 0.25) is 0 Å². The number of para-hydroxylation sites is 1. The van der Waals surface area contributed by atoms with Crippen LogP contribution >= 0.6 is 11.3 Å². The summed E-state index contributed by atoms with van der Waals surface area (Å²) >= 11 is 1.88. The molecule has 2 aromatic heterocycles. The van der Waals surface area contributed by atoms with E-state index in [4.69, 9.17) is 4.42 Å². The van der Waals surface area contributed by atoms with Crippen LogP contribution < -0.4 is 0 Å². The lowest BCUT2D eigenvalue weighted by Gasteiger charge is -2.18. The Bertz CT molecular complexity index is 2720. The number of benzene rings is 8. The van der Waals surface area contributed by atoms with Crippen molar-refractivity contribution in [2.75, 3.05) is 0 Å². The first-order valence-electron chi connectivity index (χ1n) is 15.0. The molecule has 10 rings (SSSR count). The van der Waals surface area contributed by atoms with Crippen molar-refractivity contribution in [3.8, 4) is 22.3 Å². The van der Waals surface area contributed by atoms with Crippen LogP contribution in [0.4, 0.5) is 0 Å². The summed E-state index contributed by atoms with van der Waals surface area (Å²) < 4.78 is 8.99. The summed E-state index contributed by atoms with van der Waals surface area (Å²) in [6.07, 6.45) is 0. The van der Waals surface area contributed by atoms with Crippen LogP contribution in [0.3, 0.4) is 0 Å². The molecule has 0 saturated carbocycles. The molecule has 1 nitrogen and oxygen atoms in total. The first kappa shape index (κ1) is 24.0. The molecule has 0 aliphatic heterocycles. The van der Waals surface area contributed by atoms with E-state index in [0.717, 1.165) is 21.9 Å². The largest absolute Gasteiger partial charge is 0.456 e. The van der Waals surface area contributed by atoms with Gasteiger partial charge in [-0.3, -0.25) is 0 Å². The Hall–Kier alpha value is -5.44. The first-order valence-corrected chi connectivity index (χ1v) is 15.8. The van der Waals surface area contributed by atoms with E-state index >= 15 is 0 Å². The van der Waals surface area contributed by atoms with Crippen LogP contribution in [0, 0.1) is 0 Å². The highest BCUT2D eigenvalue weighted by atomic mass is 32.1. The van der Waals surface area contributed by atoms with Crippen LogP contribution in [0.1, 0.15) is 0 Å². The van der Waals surface area contributed by atoms with Gasteiger partial charge < -0.3 is 4.42 Å². The second-order valence-electron chi connectivity index (χ2n) is 11.6. The van der Waals surface area contributed by atoms with Gasteiger partial charge in [-0.1, -0.05) is 109 Å². The molecular formula is C42H24OS. The molecule has 10 aromatic rings. The molecule has 2 heterocycles. The second-order valence-corrected chi connectivity index (χ2v) is 12.7. The Labute approximate surface area is 257 Å². The third kappa shape index (κ3) is 3.35. The molecule has 8 aromatic carbocycles. The maximum absolute atomic E-state index is 6.33. The fourth-order valence-corrected chi connectivity index (χ4v) is 8.44. The molecule has 0 aliphatic carbocycles. The van der Waals surface area contributed by atoms with Crippen molar-refractivity contribution in [3.63, 3.8) is 0 Å². The molecule has 0 fully saturated rings. The monoisotopic (exact) mass is 576 g/mol. The fraction of sp³-hybridized carbons (Fsp3) is 0. The molecule has 204 valence electrons. The van der Waals surface area contributed by atoms with E-state index in [0.29, 0.717) is 0 Å². The summed E-state index contributed by atoms with van der Waals surface area (Å²) in [5, 5.41) is 12.6. The maximum atomic E-state index is 6.33. The second kappa shape index (κ2) is 9.03. The Kier molecular flexibility index (Phi) is 4.94. The van der Waals surface area contributed by atoms with Crippen LogP contribution in [-0.2, 0) is 0 Å². The minimum atomic E-state index is 0.919. The molecule has 0 saturated heterocycles. The van der Waals surface area contributed by atoms with Gasteiger partial charge >= 0.3 is 0 Å². The highest BCUT2D eigenvalue weighted by Crippen LogP contribution is 2.46. The Morgan fingerprint density at radius 2 is 0.909 bits per heavy atom. The van der Waals surface area contributed by atoms with Crippen molar-refractivity contribution in [2.24, 2.45) is 0 Å². The topological polar surface area (TPSA) is 13.1 Å². The summed E-state index contributed by atoms with van der Waals surface area (Å²) in [4.78, 5) is 0. The van der Waals surface area contributed by atoms with E-state index in [-0.39, 0.29) is 0 Å². The van der Waals surface area contributed by atoms with Gasteiger partial charge in [0, 0.05) is 30.9 Å². The first-order chi connectivity index (χ1) is 21.8. The van der Waals surface area contributed by atoms with Crippen LogP contribution in [-0.4, -0.2) is 0 Å². The zero-order chi connectivity index (χ0) is 28.8. The van der Waals surface area contributed by atoms with Gasteiger partial charge in [-0.2, -0.15) is 0 Å². The van der Waals surface area contributed by atoms with Crippen molar-refractivity contribution >= 4 is 85.8 Å². The number of rotatable bonds is 2. The van der Waals surface area contributed by atoms with Crippen molar-refractivity contribution in [3.05, 3.63) is 146 Å². The third-order valence-electron chi connectivity index (χ3n) is 9.25. The number of furan rings is 1. The highest BCUT2D eigenvalue weighted by Gasteiger charge is 2.19. The summed E-state index contributed by atoms with van der Waals surface area (Å²) in [5.41, 5.74) is 6.79. The Morgan fingerprint density at radius 3 is 1.64 bits per heavy atom. The standard InChI is InChI=1S/C42H24OS/c1-2-10-28-25(9-1)18-22-39-42(28)35-23-26(19-21-38(35)44-39)40-31-12-3-5-14-33(31)41(34-15-6-4-13-32(34)40)27-17-20-30-29-11-7-8-16-36(29)43-37(30)24-27/h1-24H. The minimum absolute atomic E-state index is 0.919. The van der Waals surface area contributed by atoms with E-state index in [1.165, 1.54) is 74.7 Å². The fourth-order valence-electron chi connectivity index (χ4n) is 7.33. The zero-order valence-corrected chi connectivity index (χ0v) is 24.5. The van der Waals surface area contributed by atoms with Crippen molar-refractivity contribution in [1.29, 1.82) is 0 Å². The smallest absolute Gasteiger partial charge is 0.136 e. The lowest BCUT2D eigenvalue weighted by atomic mass is 9.85. The van der Waals surface area contributed by atoms with Gasteiger partial charge in [-0.05, 0) is 91.0 Å². The highest BCUT2D eigenvalue weighted by molar-refractivity contribution is 7.26. The maximum Gasteiger partial charge on any atom is 0.136 e. The van der Waals surface area contributed by atoms with Crippen molar-refractivity contribution in [2.45, 2.75) is 0 Å². The molecule has 0 unspecified atom stereocenters. The van der Waals surface area contributed by atoms with E-state index in [9.17, 15) is 0 Å². The van der Waals surface area contributed by atoms with Gasteiger partial charge in [-0.25, -0.2) is 0 Å². The molecule has 2 heteroatoms. The molecule has 0 amide bonds. The van der Waals surface area contributed by atoms with E-state index in [2.05, 4.69) is 133 Å². The summed E-state index contributed by atoms with van der Waals surface area (Å²) in [5.74, 6) is 0. The quantitative estimate of drug-likeness (QED) is 0.187. The lowest BCUT2D eigenvalue weighted by Crippen LogP contribution is -1.90. The van der Waals surface area contributed by atoms with Crippen LogP contribution in [0.5, 0.6) is 0 Å². The summed E-state index contributed by atoms with van der Waals surface area (Å²) in [6, 6.07) is 53.1. The lowest BCUT2D eigenvalue weighted by molar-refractivity contribution is 0.669. The molecule has 0 N–H and O–H groups in total. The number of thiophene rings is 1. The van der Waals surface area contributed by atoms with Crippen LogP contribution in [0.25, 0.3) is 96.7 Å². The van der Waals surface area contributed by atoms with Crippen LogP contribution in [0.2, 0.25) is 0 Å². The number of hydrogen-bond donors (Lipinski definition) is 0. The van der Waals surface area contributed by atoms with Gasteiger partial charge in [0.05, 0.1) is 0 Å². The van der Waals surface area contributed by atoms with E-state index in [1.807, 2.05) is 23.5 Å². The molecule has 0 aliphatic rings. The molecule has 44 heavy (non-hydrogen) atoms. The predicted octanol–water partition coefficient (Wildman–Crippen LogP) is 12.7. The SMILES string of the molecule is c1ccc2c(c1)ccc1sc3ccc(-c4c5ccccc5c(-c5ccc6c(c5)oc5ccccc56)c5ccccc45)cc3c12. The van der Waals surface area contributed by atoms with Gasteiger partial charge in [-0.15, -0.1) is 11.3 Å². The molecule has 0 bridgehead atoms. The predicted molar refractivity (Wildman–Crippen MR) is 190 cm³/mol. The Balaban J connectivity index is 1.28. The summed E-state index contributed by atoms with van der Waals surface area (Å²) in [7, 11) is 0. The average molecular weight is 577 g/mol. The van der Waals surface area contributed by atoms with E-state index < -0.39 is 0 Å². The van der Waals surface area contributed by atoms with Crippen molar-refractivity contribution < 1.29 is 4.42 Å². The molecule has 0 spiro atoms.